The highest BCUT2D eigenvalue weighted by molar-refractivity contribution is 6.21. The Morgan fingerprint density at radius 3 is 2.39 bits per heavy atom. The first kappa shape index (κ1) is 16.6. The summed E-state index contributed by atoms with van der Waals surface area (Å²) in [5, 5.41) is 10.6. The maximum absolute atomic E-state index is 12.2. The molecule has 122 valence electrons. The van der Waals surface area contributed by atoms with Crippen molar-refractivity contribution in [3.8, 4) is 0 Å². The Kier molecular flexibility index (Phi) is 5.05. The van der Waals surface area contributed by atoms with Gasteiger partial charge in [0.2, 0.25) is 0 Å². The highest BCUT2D eigenvalue weighted by Crippen LogP contribution is 2.30. The monoisotopic (exact) mass is 317 g/mol. The molecule has 6 nitrogen and oxygen atoms in total. The van der Waals surface area contributed by atoms with Crippen LogP contribution in [0.2, 0.25) is 0 Å². The van der Waals surface area contributed by atoms with Crippen LogP contribution in [0.3, 0.4) is 0 Å². The summed E-state index contributed by atoms with van der Waals surface area (Å²) in [7, 11) is 0. The fourth-order valence-electron chi connectivity index (χ4n) is 2.38. The minimum atomic E-state index is -0.640. The Hall–Kier alpha value is -2.76. The van der Waals surface area contributed by atoms with Crippen molar-refractivity contribution in [1.29, 1.82) is 0 Å². The Balaban J connectivity index is 2.67. The Morgan fingerprint density at radius 1 is 1.13 bits per heavy atom. The maximum atomic E-state index is 12.2. The summed E-state index contributed by atoms with van der Waals surface area (Å²) in [6.45, 7) is 5.23. The van der Waals surface area contributed by atoms with E-state index in [-0.39, 0.29) is 24.5 Å². The molecule has 0 aliphatic heterocycles. The van der Waals surface area contributed by atoms with Gasteiger partial charge in [-0.3, -0.25) is 4.57 Å². The summed E-state index contributed by atoms with van der Waals surface area (Å²) in [4.78, 5) is 24.3. The van der Waals surface area contributed by atoms with Crippen LogP contribution in [0.4, 0.5) is 4.79 Å². The highest BCUT2D eigenvalue weighted by atomic mass is 16.5. The van der Waals surface area contributed by atoms with E-state index in [1.54, 1.807) is 38.1 Å². The third-order valence-corrected chi connectivity index (χ3v) is 3.29. The number of aliphatic hydroxyl groups excluding tert-OH is 1. The minimum Gasteiger partial charge on any atom is -0.512 e. The molecule has 1 N–H and O–H groups in total. The van der Waals surface area contributed by atoms with Crippen LogP contribution in [0, 0.1) is 0 Å². The number of hydrogen-bond acceptors (Lipinski definition) is 5. The van der Waals surface area contributed by atoms with Crippen LogP contribution in [0.15, 0.2) is 36.2 Å². The molecule has 2 aromatic rings. The number of carbonyl (C=O) groups is 2. The summed E-state index contributed by atoms with van der Waals surface area (Å²) in [5.41, 5.74) is 1.04. The smallest absolute Gasteiger partial charge is 0.418 e. The average Bonchev–Trinajstić information content (AvgIpc) is 2.87. The predicted molar refractivity (Wildman–Crippen MR) is 86.2 cm³/mol. The zero-order valence-electron chi connectivity index (χ0n) is 13.3. The summed E-state index contributed by atoms with van der Waals surface area (Å²) < 4.78 is 11.3. The lowest BCUT2D eigenvalue weighted by Crippen LogP contribution is -2.12. The molecule has 23 heavy (non-hydrogen) atoms. The van der Waals surface area contributed by atoms with Crippen molar-refractivity contribution in [3.05, 3.63) is 41.8 Å². The molecule has 0 fully saturated rings. The average molecular weight is 317 g/mol. The molecule has 0 saturated heterocycles. The molecule has 0 saturated carbocycles. The SMILES string of the molecule is CCOC(=O)/C(=C(\C)O)c1cn(C(=O)OCC)c2ccccc12. The van der Waals surface area contributed by atoms with Gasteiger partial charge in [0.05, 0.1) is 18.7 Å². The van der Waals surface area contributed by atoms with Crippen molar-refractivity contribution >= 4 is 28.5 Å². The first-order valence-corrected chi connectivity index (χ1v) is 7.35. The molecular formula is C17H19NO5. The van der Waals surface area contributed by atoms with E-state index < -0.39 is 12.1 Å². The summed E-state index contributed by atoms with van der Waals surface area (Å²) >= 11 is 0. The number of aromatic nitrogens is 1. The van der Waals surface area contributed by atoms with E-state index in [0.717, 1.165) is 0 Å². The Labute approximate surface area is 133 Å². The minimum absolute atomic E-state index is 0.0334. The van der Waals surface area contributed by atoms with Crippen molar-refractivity contribution in [2.45, 2.75) is 20.8 Å². The molecule has 0 atom stereocenters. The van der Waals surface area contributed by atoms with Crippen LogP contribution < -0.4 is 0 Å². The number of hydrogen-bond donors (Lipinski definition) is 1. The molecule has 0 bridgehead atoms. The van der Waals surface area contributed by atoms with E-state index in [9.17, 15) is 14.7 Å². The quantitative estimate of drug-likeness (QED) is 0.530. The zero-order valence-corrected chi connectivity index (χ0v) is 13.3. The van der Waals surface area contributed by atoms with E-state index in [0.29, 0.717) is 16.5 Å². The third-order valence-electron chi connectivity index (χ3n) is 3.29. The third kappa shape index (κ3) is 3.21. The number of fused-ring (bicyclic) bond motifs is 1. The molecule has 2 rings (SSSR count). The van der Waals surface area contributed by atoms with E-state index in [2.05, 4.69) is 0 Å². The van der Waals surface area contributed by atoms with Gasteiger partial charge in [0.15, 0.2) is 0 Å². The topological polar surface area (TPSA) is 77.8 Å². The summed E-state index contributed by atoms with van der Waals surface area (Å²) in [6.07, 6.45) is 0.933. The van der Waals surface area contributed by atoms with Crippen molar-refractivity contribution in [1.82, 2.24) is 4.57 Å². The lowest BCUT2D eigenvalue weighted by molar-refractivity contribution is -0.136. The lowest BCUT2D eigenvalue weighted by atomic mass is 10.0. The molecule has 1 aromatic carbocycles. The second-order valence-corrected chi connectivity index (χ2v) is 4.81. The van der Waals surface area contributed by atoms with Crippen molar-refractivity contribution in [2.24, 2.45) is 0 Å². The number of rotatable bonds is 4. The second kappa shape index (κ2) is 7.00. The first-order chi connectivity index (χ1) is 11.0. The lowest BCUT2D eigenvalue weighted by Gasteiger charge is -2.07. The number of benzene rings is 1. The maximum Gasteiger partial charge on any atom is 0.418 e. The van der Waals surface area contributed by atoms with Crippen LogP contribution >= 0.6 is 0 Å². The van der Waals surface area contributed by atoms with Crippen LogP contribution in [0.5, 0.6) is 0 Å². The van der Waals surface area contributed by atoms with E-state index in [1.165, 1.54) is 17.7 Å². The van der Waals surface area contributed by atoms with Gasteiger partial charge in [0, 0.05) is 17.1 Å². The number of carbonyl (C=O) groups excluding carboxylic acids is 2. The number of nitrogens with zero attached hydrogens (tertiary/aromatic N) is 1. The molecule has 0 spiro atoms. The van der Waals surface area contributed by atoms with Crippen LogP contribution in [-0.2, 0) is 14.3 Å². The van der Waals surface area contributed by atoms with Crippen molar-refractivity contribution in [3.63, 3.8) is 0 Å². The predicted octanol–water partition coefficient (Wildman–Crippen LogP) is 3.50. The summed E-state index contributed by atoms with van der Waals surface area (Å²) in [5.74, 6) is -0.811. The number of para-hydroxylation sites is 1. The molecule has 1 aromatic heterocycles. The zero-order chi connectivity index (χ0) is 17.0. The van der Waals surface area contributed by atoms with Gasteiger partial charge in [-0.15, -0.1) is 0 Å². The molecule has 6 heteroatoms. The fourth-order valence-corrected chi connectivity index (χ4v) is 2.38. The highest BCUT2D eigenvalue weighted by Gasteiger charge is 2.23. The Morgan fingerprint density at radius 2 is 1.78 bits per heavy atom. The van der Waals surface area contributed by atoms with Gasteiger partial charge >= 0.3 is 12.1 Å². The normalized spacial score (nSPS) is 12.0. The fraction of sp³-hybridized carbons (Fsp3) is 0.294. The van der Waals surface area contributed by atoms with Gasteiger partial charge in [0.1, 0.15) is 11.3 Å². The molecule has 0 amide bonds. The first-order valence-electron chi connectivity index (χ1n) is 7.35. The van der Waals surface area contributed by atoms with Gasteiger partial charge in [-0.1, -0.05) is 18.2 Å². The number of allylic oxidation sites excluding steroid dienone is 1. The van der Waals surface area contributed by atoms with E-state index in [1.807, 2.05) is 0 Å². The second-order valence-electron chi connectivity index (χ2n) is 4.81. The van der Waals surface area contributed by atoms with Gasteiger partial charge in [-0.2, -0.15) is 0 Å². The summed E-state index contributed by atoms with van der Waals surface area (Å²) in [6, 6.07) is 7.08. The van der Waals surface area contributed by atoms with Gasteiger partial charge in [0.25, 0.3) is 0 Å². The standard InChI is InChI=1S/C17H19NO5/c1-4-22-16(20)15(11(3)19)13-10-18(17(21)23-5-2)14-9-7-6-8-12(13)14/h6-10,19H,4-5H2,1-3H3/b15-11+. The molecular weight excluding hydrogens is 298 g/mol. The molecule has 0 aliphatic rings. The van der Waals surface area contributed by atoms with Crippen LogP contribution in [-0.4, -0.2) is 34.9 Å². The Bertz CT molecular complexity index is 768. The van der Waals surface area contributed by atoms with Crippen LogP contribution in [0.1, 0.15) is 26.3 Å². The largest absolute Gasteiger partial charge is 0.512 e. The van der Waals surface area contributed by atoms with Crippen molar-refractivity contribution in [2.75, 3.05) is 13.2 Å². The van der Waals surface area contributed by atoms with Crippen LogP contribution in [0.25, 0.3) is 16.5 Å². The molecule has 0 aliphatic carbocycles. The molecule has 0 unspecified atom stereocenters. The van der Waals surface area contributed by atoms with Gasteiger partial charge in [-0.25, -0.2) is 9.59 Å². The number of esters is 1. The van der Waals surface area contributed by atoms with Gasteiger partial charge in [-0.05, 0) is 26.8 Å². The number of ether oxygens (including phenoxy) is 2. The number of aliphatic hydroxyl groups is 1. The molecule has 0 radical (unpaired) electrons. The van der Waals surface area contributed by atoms with E-state index in [4.69, 9.17) is 9.47 Å². The van der Waals surface area contributed by atoms with E-state index >= 15 is 0 Å². The molecule has 1 heterocycles. The van der Waals surface area contributed by atoms with Crippen molar-refractivity contribution < 1.29 is 24.2 Å². The van der Waals surface area contributed by atoms with Gasteiger partial charge < -0.3 is 14.6 Å².